The predicted octanol–water partition coefficient (Wildman–Crippen LogP) is 7.20. The van der Waals surface area contributed by atoms with Crippen molar-refractivity contribution < 1.29 is 4.74 Å². The molecule has 1 aliphatic heterocycles. The molecule has 1 nitrogen and oxygen atoms in total. The molecule has 1 fully saturated rings. The molecule has 1 heteroatoms. The van der Waals surface area contributed by atoms with Crippen LogP contribution in [0, 0.1) is 0 Å². The summed E-state index contributed by atoms with van der Waals surface area (Å²) in [7, 11) is 0. The highest BCUT2D eigenvalue weighted by Gasteiger charge is 2.42. The van der Waals surface area contributed by atoms with Crippen LogP contribution in [0.2, 0.25) is 0 Å². The van der Waals surface area contributed by atoms with Gasteiger partial charge < -0.3 is 4.74 Å². The fraction of sp³-hybridized carbons (Fsp3) is 0.905. The number of unbranched alkanes of at least 4 members (excludes halogenated alkanes) is 13. The first kappa shape index (κ1) is 19.7. The summed E-state index contributed by atoms with van der Waals surface area (Å²) in [5.74, 6) is 0. The normalized spacial score (nSPS) is 20.2. The van der Waals surface area contributed by atoms with Gasteiger partial charge in [0, 0.05) is 0 Å². The first-order valence-corrected chi connectivity index (χ1v) is 10.1. The van der Waals surface area contributed by atoms with Crippen LogP contribution in [-0.4, -0.2) is 12.2 Å². The third kappa shape index (κ3) is 10.4. The van der Waals surface area contributed by atoms with Crippen LogP contribution in [0.1, 0.15) is 110 Å². The average molecular weight is 309 g/mol. The molecular formula is C21H40O. The molecule has 0 bridgehead atoms. The molecule has 130 valence electrons. The molecule has 0 saturated carbocycles. The van der Waals surface area contributed by atoms with E-state index in [-0.39, 0.29) is 5.60 Å². The Hall–Kier alpha value is -0.300. The zero-order chi connectivity index (χ0) is 15.9. The van der Waals surface area contributed by atoms with Crippen molar-refractivity contribution in [1.29, 1.82) is 0 Å². The maximum absolute atomic E-state index is 5.58. The van der Waals surface area contributed by atoms with Gasteiger partial charge in [-0.3, -0.25) is 0 Å². The van der Waals surface area contributed by atoms with Crippen molar-refractivity contribution in [1.82, 2.24) is 0 Å². The summed E-state index contributed by atoms with van der Waals surface area (Å²) in [6, 6.07) is 0. The van der Waals surface area contributed by atoms with Crippen LogP contribution in [0.25, 0.3) is 0 Å². The van der Waals surface area contributed by atoms with Gasteiger partial charge in [0.05, 0.1) is 12.2 Å². The first-order valence-electron chi connectivity index (χ1n) is 10.1. The summed E-state index contributed by atoms with van der Waals surface area (Å²) in [5, 5.41) is 0. The Kier molecular flexibility index (Phi) is 11.8. The van der Waals surface area contributed by atoms with Crippen molar-refractivity contribution in [2.45, 2.75) is 115 Å². The van der Waals surface area contributed by atoms with E-state index in [9.17, 15) is 0 Å². The third-order valence-electron chi connectivity index (χ3n) is 5.05. The van der Waals surface area contributed by atoms with Crippen LogP contribution >= 0.6 is 0 Å². The molecule has 1 aliphatic rings. The Morgan fingerprint density at radius 1 is 0.773 bits per heavy atom. The van der Waals surface area contributed by atoms with Gasteiger partial charge in [0.2, 0.25) is 0 Å². The van der Waals surface area contributed by atoms with E-state index in [4.69, 9.17) is 4.74 Å². The van der Waals surface area contributed by atoms with Gasteiger partial charge in [-0.1, -0.05) is 103 Å². The molecule has 1 atom stereocenters. The summed E-state index contributed by atoms with van der Waals surface area (Å²) in [5.41, 5.74) is 0.221. The van der Waals surface area contributed by atoms with Crippen LogP contribution in [0.15, 0.2) is 12.7 Å². The Morgan fingerprint density at radius 2 is 1.18 bits per heavy atom. The summed E-state index contributed by atoms with van der Waals surface area (Å²) in [6.07, 6.45) is 24.4. The highest BCUT2D eigenvalue weighted by molar-refractivity contribution is 4.97. The van der Waals surface area contributed by atoms with Crippen LogP contribution < -0.4 is 0 Å². The fourth-order valence-electron chi connectivity index (χ4n) is 3.37. The largest absolute Gasteiger partial charge is 0.369 e. The van der Waals surface area contributed by atoms with Crippen molar-refractivity contribution in [3.05, 3.63) is 12.7 Å². The molecule has 22 heavy (non-hydrogen) atoms. The molecule has 0 aromatic carbocycles. The van der Waals surface area contributed by atoms with Crippen molar-refractivity contribution >= 4 is 0 Å². The fourth-order valence-corrected chi connectivity index (χ4v) is 3.37. The van der Waals surface area contributed by atoms with Crippen molar-refractivity contribution in [2.24, 2.45) is 0 Å². The monoisotopic (exact) mass is 308 g/mol. The first-order chi connectivity index (χ1) is 10.8. The van der Waals surface area contributed by atoms with E-state index >= 15 is 0 Å². The van der Waals surface area contributed by atoms with Crippen molar-refractivity contribution in [3.8, 4) is 0 Å². The van der Waals surface area contributed by atoms with E-state index in [0.29, 0.717) is 0 Å². The second-order valence-corrected chi connectivity index (χ2v) is 7.31. The Morgan fingerprint density at radius 3 is 1.55 bits per heavy atom. The maximum atomic E-state index is 5.58. The van der Waals surface area contributed by atoms with Gasteiger partial charge >= 0.3 is 0 Å². The Bertz CT molecular complexity index is 255. The average Bonchev–Trinajstić information content (AvgIpc) is 3.28. The zero-order valence-electron chi connectivity index (χ0n) is 15.2. The molecular weight excluding hydrogens is 268 g/mol. The molecule has 0 N–H and O–H groups in total. The quantitative estimate of drug-likeness (QED) is 0.157. The van der Waals surface area contributed by atoms with E-state index in [1.165, 1.54) is 96.3 Å². The lowest BCUT2D eigenvalue weighted by Crippen LogP contribution is -2.08. The van der Waals surface area contributed by atoms with E-state index in [1.807, 2.05) is 6.08 Å². The van der Waals surface area contributed by atoms with Gasteiger partial charge in [-0.2, -0.15) is 0 Å². The van der Waals surface area contributed by atoms with Crippen LogP contribution in [0.3, 0.4) is 0 Å². The smallest absolute Gasteiger partial charge is 0.0950 e. The lowest BCUT2D eigenvalue weighted by Gasteiger charge is -2.08. The number of hydrogen-bond donors (Lipinski definition) is 0. The molecule has 0 aromatic heterocycles. The minimum absolute atomic E-state index is 0.221. The third-order valence-corrected chi connectivity index (χ3v) is 5.05. The van der Waals surface area contributed by atoms with Gasteiger partial charge in [0.15, 0.2) is 0 Å². The molecule has 0 spiro atoms. The molecule has 0 amide bonds. The van der Waals surface area contributed by atoms with Gasteiger partial charge in [-0.05, 0) is 12.8 Å². The molecule has 0 aliphatic carbocycles. The molecule has 0 aromatic rings. The molecule has 1 rings (SSSR count). The van der Waals surface area contributed by atoms with Gasteiger partial charge in [0.1, 0.15) is 0 Å². The SMILES string of the molecule is C=CCC1(CCCCCCCCCCCCCCCC)CO1. The van der Waals surface area contributed by atoms with E-state index in [2.05, 4.69) is 13.5 Å². The van der Waals surface area contributed by atoms with E-state index < -0.39 is 0 Å². The molecule has 1 heterocycles. The zero-order valence-corrected chi connectivity index (χ0v) is 15.2. The summed E-state index contributed by atoms with van der Waals surface area (Å²) < 4.78 is 5.58. The highest BCUT2D eigenvalue weighted by Crippen LogP contribution is 2.36. The lowest BCUT2D eigenvalue weighted by atomic mass is 9.97. The summed E-state index contributed by atoms with van der Waals surface area (Å²) in [6.45, 7) is 7.08. The van der Waals surface area contributed by atoms with Crippen molar-refractivity contribution in [2.75, 3.05) is 6.61 Å². The van der Waals surface area contributed by atoms with Crippen LogP contribution in [0.4, 0.5) is 0 Å². The summed E-state index contributed by atoms with van der Waals surface area (Å²) >= 11 is 0. The van der Waals surface area contributed by atoms with Crippen LogP contribution in [0.5, 0.6) is 0 Å². The predicted molar refractivity (Wildman–Crippen MR) is 98.4 cm³/mol. The van der Waals surface area contributed by atoms with Crippen LogP contribution in [-0.2, 0) is 4.74 Å². The Labute approximate surface area is 139 Å². The number of ether oxygens (including phenoxy) is 1. The Balaban J connectivity index is 1.71. The highest BCUT2D eigenvalue weighted by atomic mass is 16.6. The van der Waals surface area contributed by atoms with E-state index in [0.717, 1.165) is 13.0 Å². The van der Waals surface area contributed by atoms with Crippen molar-refractivity contribution in [3.63, 3.8) is 0 Å². The molecule has 1 unspecified atom stereocenters. The maximum Gasteiger partial charge on any atom is 0.0950 e. The topological polar surface area (TPSA) is 12.5 Å². The number of epoxide rings is 1. The second kappa shape index (κ2) is 13.2. The number of rotatable bonds is 17. The van der Waals surface area contributed by atoms with Gasteiger partial charge in [-0.25, -0.2) is 0 Å². The van der Waals surface area contributed by atoms with E-state index in [1.54, 1.807) is 0 Å². The minimum Gasteiger partial charge on any atom is -0.369 e. The lowest BCUT2D eigenvalue weighted by molar-refractivity contribution is 0.283. The minimum atomic E-state index is 0.221. The molecule has 0 radical (unpaired) electrons. The van der Waals surface area contributed by atoms with Gasteiger partial charge in [0.25, 0.3) is 0 Å². The number of hydrogen-bond acceptors (Lipinski definition) is 1. The summed E-state index contributed by atoms with van der Waals surface area (Å²) in [4.78, 5) is 0. The molecule has 1 saturated heterocycles. The standard InChI is InChI=1S/C21H40O/c1-3-5-6-7-8-9-10-11-12-13-14-15-16-17-19-21(18-4-2)20-22-21/h4H,2-3,5-20H2,1H3. The second-order valence-electron chi connectivity index (χ2n) is 7.31. The van der Waals surface area contributed by atoms with Gasteiger partial charge in [-0.15, -0.1) is 6.58 Å².